The van der Waals surface area contributed by atoms with Crippen molar-refractivity contribution in [3.8, 4) is 0 Å². The average Bonchev–Trinajstić information content (AvgIpc) is 2.25. The first-order valence-corrected chi connectivity index (χ1v) is 7.27. The van der Waals surface area contributed by atoms with Crippen molar-refractivity contribution in [2.24, 2.45) is 0 Å². The summed E-state index contributed by atoms with van der Waals surface area (Å²) in [5.41, 5.74) is 0. The molecule has 0 spiro atoms. The highest BCUT2D eigenvalue weighted by molar-refractivity contribution is 7.87. The SMILES string of the molecule is CNCCCN(C)S(=O)(=O)NCC(C)N(C)C. The van der Waals surface area contributed by atoms with Gasteiger partial charge in [0.25, 0.3) is 10.2 Å². The van der Waals surface area contributed by atoms with Gasteiger partial charge < -0.3 is 10.2 Å². The van der Waals surface area contributed by atoms with Crippen molar-refractivity contribution in [1.29, 1.82) is 0 Å². The fraction of sp³-hybridized carbons (Fsp3) is 1.00. The smallest absolute Gasteiger partial charge is 0.279 e. The Morgan fingerprint density at radius 3 is 2.29 bits per heavy atom. The molecule has 104 valence electrons. The Morgan fingerprint density at radius 2 is 1.82 bits per heavy atom. The normalized spacial score (nSPS) is 14.5. The maximum Gasteiger partial charge on any atom is 0.279 e. The Labute approximate surface area is 106 Å². The van der Waals surface area contributed by atoms with Gasteiger partial charge in [-0.05, 0) is 41.0 Å². The lowest BCUT2D eigenvalue weighted by Crippen LogP contribution is -2.44. The molecular formula is C10H26N4O2S. The van der Waals surface area contributed by atoms with E-state index in [0.29, 0.717) is 13.1 Å². The predicted octanol–water partition coefficient (Wildman–Crippen LogP) is -0.688. The van der Waals surface area contributed by atoms with E-state index >= 15 is 0 Å². The van der Waals surface area contributed by atoms with Crippen LogP contribution in [0.5, 0.6) is 0 Å². The molecule has 17 heavy (non-hydrogen) atoms. The lowest BCUT2D eigenvalue weighted by atomic mass is 10.3. The lowest BCUT2D eigenvalue weighted by molar-refractivity contribution is 0.311. The maximum atomic E-state index is 11.8. The highest BCUT2D eigenvalue weighted by Gasteiger charge is 2.17. The number of rotatable bonds is 9. The third-order valence-corrected chi connectivity index (χ3v) is 4.29. The number of nitrogens with one attached hydrogen (secondary N) is 2. The molecule has 0 heterocycles. The molecule has 0 bridgehead atoms. The van der Waals surface area contributed by atoms with E-state index in [-0.39, 0.29) is 6.04 Å². The summed E-state index contributed by atoms with van der Waals surface area (Å²) >= 11 is 0. The highest BCUT2D eigenvalue weighted by Crippen LogP contribution is 1.97. The molecule has 0 amide bonds. The molecule has 0 rings (SSSR count). The van der Waals surface area contributed by atoms with Crippen molar-refractivity contribution in [2.75, 3.05) is 47.8 Å². The van der Waals surface area contributed by atoms with Crippen LogP contribution in [-0.2, 0) is 10.2 Å². The van der Waals surface area contributed by atoms with Crippen molar-refractivity contribution >= 4 is 10.2 Å². The van der Waals surface area contributed by atoms with Crippen LogP contribution < -0.4 is 10.0 Å². The van der Waals surface area contributed by atoms with Gasteiger partial charge in [-0.3, -0.25) is 0 Å². The van der Waals surface area contributed by atoms with Crippen LogP contribution >= 0.6 is 0 Å². The zero-order valence-corrected chi connectivity index (χ0v) is 12.3. The van der Waals surface area contributed by atoms with Gasteiger partial charge in [-0.2, -0.15) is 12.7 Å². The van der Waals surface area contributed by atoms with Crippen molar-refractivity contribution in [1.82, 2.24) is 19.2 Å². The van der Waals surface area contributed by atoms with Gasteiger partial charge in [0.15, 0.2) is 0 Å². The first-order valence-electron chi connectivity index (χ1n) is 5.83. The predicted molar refractivity (Wildman–Crippen MR) is 71.2 cm³/mol. The number of nitrogens with zero attached hydrogens (tertiary/aromatic N) is 2. The van der Waals surface area contributed by atoms with Gasteiger partial charge in [0, 0.05) is 26.2 Å². The van der Waals surface area contributed by atoms with Crippen molar-refractivity contribution in [3.05, 3.63) is 0 Å². The van der Waals surface area contributed by atoms with Crippen LogP contribution in [0, 0.1) is 0 Å². The van der Waals surface area contributed by atoms with Crippen molar-refractivity contribution in [3.63, 3.8) is 0 Å². The van der Waals surface area contributed by atoms with Gasteiger partial charge >= 0.3 is 0 Å². The van der Waals surface area contributed by atoms with E-state index in [1.165, 1.54) is 4.31 Å². The fourth-order valence-electron chi connectivity index (χ4n) is 1.12. The molecule has 0 aliphatic rings. The second kappa shape index (κ2) is 7.99. The van der Waals surface area contributed by atoms with Gasteiger partial charge in [-0.15, -0.1) is 0 Å². The van der Waals surface area contributed by atoms with E-state index in [0.717, 1.165) is 13.0 Å². The van der Waals surface area contributed by atoms with E-state index in [4.69, 9.17) is 0 Å². The molecule has 2 N–H and O–H groups in total. The van der Waals surface area contributed by atoms with Gasteiger partial charge in [-0.1, -0.05) is 0 Å². The fourth-order valence-corrected chi connectivity index (χ4v) is 2.16. The number of likely N-dealkylation sites (N-methyl/N-ethyl adjacent to an activating group) is 1. The molecule has 6 nitrogen and oxygen atoms in total. The summed E-state index contributed by atoms with van der Waals surface area (Å²) in [7, 11) is 3.96. The van der Waals surface area contributed by atoms with Crippen molar-refractivity contribution < 1.29 is 8.42 Å². The van der Waals surface area contributed by atoms with E-state index < -0.39 is 10.2 Å². The Bertz CT molecular complexity index is 293. The monoisotopic (exact) mass is 266 g/mol. The summed E-state index contributed by atoms with van der Waals surface area (Å²) < 4.78 is 27.6. The van der Waals surface area contributed by atoms with Crippen LogP contribution in [0.4, 0.5) is 0 Å². The van der Waals surface area contributed by atoms with Crippen LogP contribution in [0.1, 0.15) is 13.3 Å². The topological polar surface area (TPSA) is 64.7 Å². The van der Waals surface area contributed by atoms with E-state index in [1.807, 2.05) is 33.0 Å². The summed E-state index contributed by atoms with van der Waals surface area (Å²) in [5.74, 6) is 0. The molecule has 0 aromatic carbocycles. The Kier molecular flexibility index (Phi) is 7.89. The summed E-state index contributed by atoms with van der Waals surface area (Å²) in [6.07, 6.45) is 0.803. The minimum absolute atomic E-state index is 0.176. The first-order chi connectivity index (χ1) is 7.81. The molecule has 0 fully saturated rings. The summed E-state index contributed by atoms with van der Waals surface area (Å²) in [6.45, 7) is 3.73. The maximum absolute atomic E-state index is 11.8. The molecule has 1 unspecified atom stereocenters. The average molecular weight is 266 g/mol. The zero-order chi connectivity index (χ0) is 13.5. The second-order valence-electron chi connectivity index (χ2n) is 4.44. The van der Waals surface area contributed by atoms with Crippen LogP contribution in [0.3, 0.4) is 0 Å². The third kappa shape index (κ3) is 6.95. The van der Waals surface area contributed by atoms with Crippen LogP contribution in [0.2, 0.25) is 0 Å². The quantitative estimate of drug-likeness (QED) is 0.542. The van der Waals surface area contributed by atoms with Crippen LogP contribution in [0.15, 0.2) is 0 Å². The standard InChI is InChI=1S/C10H26N4O2S/c1-10(13(3)4)9-12-17(15,16)14(5)8-6-7-11-2/h10-12H,6-9H2,1-5H3. The zero-order valence-electron chi connectivity index (χ0n) is 11.5. The summed E-state index contributed by atoms with van der Waals surface area (Å²) in [5, 5.41) is 2.99. The van der Waals surface area contributed by atoms with Gasteiger partial charge in [-0.25, -0.2) is 4.72 Å². The largest absolute Gasteiger partial charge is 0.320 e. The Hall–Kier alpha value is -0.210. The molecule has 7 heteroatoms. The molecule has 0 aliphatic heterocycles. The summed E-state index contributed by atoms with van der Waals surface area (Å²) in [6, 6.07) is 0.176. The lowest BCUT2D eigenvalue weighted by Gasteiger charge is -2.22. The van der Waals surface area contributed by atoms with Gasteiger partial charge in [0.05, 0.1) is 0 Å². The third-order valence-electron chi connectivity index (χ3n) is 2.75. The second-order valence-corrected chi connectivity index (χ2v) is 6.31. The minimum atomic E-state index is -3.34. The molecule has 0 saturated carbocycles. The Morgan fingerprint density at radius 1 is 1.24 bits per heavy atom. The molecule has 0 saturated heterocycles. The molecule has 0 radical (unpaired) electrons. The first kappa shape index (κ1) is 16.8. The molecule has 0 aromatic rings. The molecule has 0 aromatic heterocycles. The van der Waals surface area contributed by atoms with Gasteiger partial charge in [0.1, 0.15) is 0 Å². The molecular weight excluding hydrogens is 240 g/mol. The number of hydrogen-bond donors (Lipinski definition) is 2. The molecule has 0 aliphatic carbocycles. The Balaban J connectivity index is 4.09. The van der Waals surface area contributed by atoms with Crippen LogP contribution in [-0.4, -0.2) is 71.5 Å². The highest BCUT2D eigenvalue weighted by atomic mass is 32.2. The number of hydrogen-bond acceptors (Lipinski definition) is 4. The van der Waals surface area contributed by atoms with E-state index in [1.54, 1.807) is 7.05 Å². The van der Waals surface area contributed by atoms with E-state index in [2.05, 4.69) is 10.0 Å². The van der Waals surface area contributed by atoms with Crippen LogP contribution in [0.25, 0.3) is 0 Å². The van der Waals surface area contributed by atoms with E-state index in [9.17, 15) is 8.42 Å². The molecule has 1 atom stereocenters. The van der Waals surface area contributed by atoms with Crippen molar-refractivity contribution in [2.45, 2.75) is 19.4 Å². The summed E-state index contributed by atoms with van der Waals surface area (Å²) in [4.78, 5) is 1.98. The minimum Gasteiger partial charge on any atom is -0.320 e. The van der Waals surface area contributed by atoms with Gasteiger partial charge in [0.2, 0.25) is 0 Å².